The number of nitrogens with zero attached hydrogens (tertiary/aromatic N) is 2. The molecule has 8 heteroatoms. The Morgan fingerprint density at radius 1 is 1.07 bits per heavy atom. The summed E-state index contributed by atoms with van der Waals surface area (Å²) in [6, 6.07) is 15.8. The number of hydrogen-bond acceptors (Lipinski definition) is 5. The van der Waals surface area contributed by atoms with Gasteiger partial charge in [0.05, 0.1) is 16.8 Å². The number of nitrogens with one attached hydrogen (secondary N) is 1. The third-order valence-corrected chi connectivity index (χ3v) is 7.03. The summed E-state index contributed by atoms with van der Waals surface area (Å²) in [4.78, 5) is 13.6. The maximum atomic E-state index is 13.4. The minimum absolute atomic E-state index is 0.129. The van der Waals surface area contributed by atoms with Gasteiger partial charge in [-0.25, -0.2) is 13.8 Å². The Bertz CT molecular complexity index is 1150. The topological polar surface area (TPSA) is 78.8 Å². The molecular weight excluding hydrogens is 418 g/mol. The van der Waals surface area contributed by atoms with Gasteiger partial charge in [0.15, 0.2) is 0 Å². The van der Waals surface area contributed by atoms with Gasteiger partial charge in [-0.15, -0.1) is 11.3 Å². The van der Waals surface area contributed by atoms with Crippen LogP contribution in [0.1, 0.15) is 21.6 Å². The molecule has 0 aliphatic heterocycles. The number of amides is 1. The van der Waals surface area contributed by atoms with E-state index in [0.717, 1.165) is 25.9 Å². The van der Waals surface area contributed by atoms with Gasteiger partial charge in [-0.2, -0.15) is 5.10 Å². The highest BCUT2D eigenvalue weighted by atomic mass is 32.2. The second kappa shape index (κ2) is 9.23. The van der Waals surface area contributed by atoms with Gasteiger partial charge in [0.2, 0.25) is 0 Å². The predicted molar refractivity (Wildman–Crippen MR) is 122 cm³/mol. The van der Waals surface area contributed by atoms with E-state index >= 15 is 0 Å². The van der Waals surface area contributed by atoms with E-state index in [2.05, 4.69) is 10.5 Å². The number of aryl methyl sites for hydroxylation is 3. The van der Waals surface area contributed by atoms with Crippen LogP contribution < -0.4 is 9.73 Å². The predicted octanol–water partition coefficient (Wildman–Crippen LogP) is 4.02. The first-order chi connectivity index (χ1) is 14.3. The van der Waals surface area contributed by atoms with Crippen LogP contribution in [0, 0.1) is 20.8 Å². The molecule has 3 rings (SSSR count). The number of sulfonamides is 1. The first kappa shape index (κ1) is 21.7. The molecule has 0 aliphatic rings. The van der Waals surface area contributed by atoms with Crippen molar-refractivity contribution in [1.82, 2.24) is 5.43 Å². The lowest BCUT2D eigenvalue weighted by Gasteiger charge is -2.25. The van der Waals surface area contributed by atoms with E-state index in [1.165, 1.54) is 17.6 Å². The summed E-state index contributed by atoms with van der Waals surface area (Å²) < 4.78 is 28.0. The average Bonchev–Trinajstić information content (AvgIpc) is 3.22. The van der Waals surface area contributed by atoms with Crippen molar-refractivity contribution in [1.29, 1.82) is 0 Å². The Hall–Kier alpha value is -2.97. The van der Waals surface area contributed by atoms with E-state index in [1.54, 1.807) is 30.3 Å². The summed E-state index contributed by atoms with van der Waals surface area (Å²) in [6.07, 6.45) is 1.53. The van der Waals surface area contributed by atoms with Crippen LogP contribution in [0.15, 0.2) is 70.0 Å². The molecule has 3 aromatic rings. The van der Waals surface area contributed by atoms with Crippen molar-refractivity contribution in [3.05, 3.63) is 81.5 Å². The van der Waals surface area contributed by atoms with Gasteiger partial charge < -0.3 is 0 Å². The molecule has 0 unspecified atom stereocenters. The number of anilines is 1. The van der Waals surface area contributed by atoms with Crippen molar-refractivity contribution >= 4 is 39.2 Å². The largest absolute Gasteiger partial charge is 0.271 e. The molecule has 1 aromatic heterocycles. The van der Waals surface area contributed by atoms with E-state index in [-0.39, 0.29) is 11.4 Å². The minimum Gasteiger partial charge on any atom is -0.271 e. The number of carbonyl (C=O) groups excluding carboxylic acids is 1. The molecule has 0 saturated heterocycles. The molecule has 0 fully saturated rings. The number of hydrogen-bond donors (Lipinski definition) is 1. The standard InChI is InChI=1S/C22H23N3O3S2/c1-16-7-10-20(11-8-16)30(27,28)25(21-13-17(2)6-9-18(21)3)15-22(26)24-23-14-19-5-4-12-29-19/h4-14H,15H2,1-3H3,(H,24,26)/b23-14-. The van der Waals surface area contributed by atoms with E-state index in [4.69, 9.17) is 0 Å². The van der Waals surface area contributed by atoms with E-state index < -0.39 is 15.9 Å². The zero-order valence-corrected chi connectivity index (χ0v) is 18.6. The monoisotopic (exact) mass is 441 g/mol. The third kappa shape index (κ3) is 5.14. The van der Waals surface area contributed by atoms with Crippen LogP contribution in [0.5, 0.6) is 0 Å². The Morgan fingerprint density at radius 2 is 1.77 bits per heavy atom. The van der Waals surface area contributed by atoms with Crippen LogP contribution >= 0.6 is 11.3 Å². The zero-order chi connectivity index (χ0) is 21.7. The molecule has 1 N–H and O–H groups in total. The number of thiophene rings is 1. The first-order valence-corrected chi connectivity index (χ1v) is 11.6. The molecule has 1 heterocycles. The van der Waals surface area contributed by atoms with Gasteiger partial charge in [-0.3, -0.25) is 9.10 Å². The molecule has 6 nitrogen and oxygen atoms in total. The fourth-order valence-electron chi connectivity index (χ4n) is 2.82. The summed E-state index contributed by atoms with van der Waals surface area (Å²) in [5, 5.41) is 5.83. The lowest BCUT2D eigenvalue weighted by molar-refractivity contribution is -0.119. The fourth-order valence-corrected chi connectivity index (χ4v) is 4.89. The lowest BCUT2D eigenvalue weighted by Crippen LogP contribution is -2.40. The minimum atomic E-state index is -3.95. The molecule has 156 valence electrons. The normalized spacial score (nSPS) is 11.6. The fraction of sp³-hybridized carbons (Fsp3) is 0.182. The second-order valence-corrected chi connectivity index (χ2v) is 9.76. The Balaban J connectivity index is 1.92. The molecule has 0 saturated carbocycles. The van der Waals surface area contributed by atoms with E-state index in [0.29, 0.717) is 5.69 Å². The summed E-state index contributed by atoms with van der Waals surface area (Å²) >= 11 is 1.48. The van der Waals surface area contributed by atoms with Crippen molar-refractivity contribution in [3.8, 4) is 0 Å². The van der Waals surface area contributed by atoms with Crippen molar-refractivity contribution in [2.45, 2.75) is 25.7 Å². The number of carbonyl (C=O) groups is 1. The number of hydrazone groups is 1. The summed E-state index contributed by atoms with van der Waals surface area (Å²) in [7, 11) is -3.95. The second-order valence-electron chi connectivity index (χ2n) is 6.92. The van der Waals surface area contributed by atoms with Gasteiger partial charge in [0.25, 0.3) is 15.9 Å². The van der Waals surface area contributed by atoms with Crippen LogP contribution in [-0.2, 0) is 14.8 Å². The summed E-state index contributed by atoms with van der Waals surface area (Å²) in [6.45, 7) is 5.20. The summed E-state index contributed by atoms with van der Waals surface area (Å²) in [5.74, 6) is -0.528. The zero-order valence-electron chi connectivity index (χ0n) is 17.0. The van der Waals surface area contributed by atoms with Crippen LogP contribution in [-0.4, -0.2) is 27.1 Å². The maximum absolute atomic E-state index is 13.4. The molecule has 1 amide bonds. The van der Waals surface area contributed by atoms with Gasteiger partial charge in [-0.1, -0.05) is 35.9 Å². The quantitative estimate of drug-likeness (QED) is 0.444. The lowest BCUT2D eigenvalue weighted by atomic mass is 10.1. The maximum Gasteiger partial charge on any atom is 0.264 e. The van der Waals surface area contributed by atoms with Crippen LogP contribution in [0.3, 0.4) is 0 Å². The van der Waals surface area contributed by atoms with E-state index in [9.17, 15) is 13.2 Å². The average molecular weight is 442 g/mol. The highest BCUT2D eigenvalue weighted by Gasteiger charge is 2.28. The molecular formula is C22H23N3O3S2. The van der Waals surface area contributed by atoms with Crippen molar-refractivity contribution in [2.75, 3.05) is 10.8 Å². The molecule has 0 atom stereocenters. The third-order valence-electron chi connectivity index (χ3n) is 4.45. The van der Waals surface area contributed by atoms with Crippen molar-refractivity contribution < 1.29 is 13.2 Å². The molecule has 30 heavy (non-hydrogen) atoms. The highest BCUT2D eigenvalue weighted by Crippen LogP contribution is 2.28. The van der Waals surface area contributed by atoms with Gasteiger partial charge in [0, 0.05) is 4.88 Å². The van der Waals surface area contributed by atoms with Crippen LogP contribution in [0.4, 0.5) is 5.69 Å². The molecule has 0 radical (unpaired) electrons. The van der Waals surface area contributed by atoms with Crippen LogP contribution in [0.2, 0.25) is 0 Å². The van der Waals surface area contributed by atoms with Gasteiger partial charge in [-0.05, 0) is 61.5 Å². The Kier molecular flexibility index (Phi) is 6.69. The summed E-state index contributed by atoms with van der Waals surface area (Å²) in [5.41, 5.74) is 5.49. The van der Waals surface area contributed by atoms with Gasteiger partial charge >= 0.3 is 0 Å². The smallest absolute Gasteiger partial charge is 0.264 e. The van der Waals surface area contributed by atoms with Crippen LogP contribution in [0.25, 0.3) is 0 Å². The molecule has 0 bridgehead atoms. The molecule has 0 aliphatic carbocycles. The highest BCUT2D eigenvalue weighted by molar-refractivity contribution is 7.92. The first-order valence-electron chi connectivity index (χ1n) is 9.29. The van der Waals surface area contributed by atoms with Crippen molar-refractivity contribution in [2.24, 2.45) is 5.10 Å². The Morgan fingerprint density at radius 3 is 2.43 bits per heavy atom. The number of rotatable bonds is 7. The Labute approximate surface area is 180 Å². The van der Waals surface area contributed by atoms with Crippen molar-refractivity contribution in [3.63, 3.8) is 0 Å². The van der Waals surface area contributed by atoms with E-state index in [1.807, 2.05) is 50.4 Å². The molecule has 0 spiro atoms. The SMILES string of the molecule is Cc1ccc(S(=O)(=O)N(CC(=O)N/N=C\c2cccs2)c2cc(C)ccc2C)cc1. The van der Waals surface area contributed by atoms with Gasteiger partial charge in [0.1, 0.15) is 6.54 Å². The molecule has 2 aromatic carbocycles. The number of benzene rings is 2.